The number of rotatable bonds is 4. The van der Waals surface area contributed by atoms with Crippen LogP contribution in [0.1, 0.15) is 39.7 Å². The molecule has 2 rings (SSSR count). The summed E-state index contributed by atoms with van der Waals surface area (Å²) in [7, 11) is 0. The molecule has 1 aliphatic rings. The Morgan fingerprint density at radius 3 is 2.55 bits per heavy atom. The first-order chi connectivity index (χ1) is 9.44. The molecule has 0 aromatic heterocycles. The van der Waals surface area contributed by atoms with E-state index in [2.05, 4.69) is 84.8 Å². The maximum atomic E-state index is 3.74. The highest BCUT2D eigenvalue weighted by Gasteiger charge is 2.36. The topological polar surface area (TPSA) is 15.3 Å². The Bertz CT molecular complexity index is 429. The second-order valence-corrected chi connectivity index (χ2v) is 7.83. The van der Waals surface area contributed by atoms with Crippen molar-refractivity contribution in [1.82, 2.24) is 10.2 Å². The van der Waals surface area contributed by atoms with E-state index in [4.69, 9.17) is 0 Å². The number of halogens is 1. The molecule has 112 valence electrons. The van der Waals surface area contributed by atoms with Crippen molar-refractivity contribution in [2.45, 2.75) is 52.2 Å². The van der Waals surface area contributed by atoms with Gasteiger partial charge in [0.15, 0.2) is 0 Å². The molecule has 3 heteroatoms. The molecule has 2 atom stereocenters. The highest BCUT2D eigenvalue weighted by molar-refractivity contribution is 14.1. The van der Waals surface area contributed by atoms with Gasteiger partial charge >= 0.3 is 0 Å². The van der Waals surface area contributed by atoms with Crippen LogP contribution in [-0.2, 0) is 6.54 Å². The molecule has 0 bridgehead atoms. The van der Waals surface area contributed by atoms with Gasteiger partial charge in [0.2, 0.25) is 0 Å². The predicted octanol–water partition coefficient (Wildman–Crippen LogP) is 3.89. The van der Waals surface area contributed by atoms with E-state index in [1.54, 1.807) is 0 Å². The molecule has 1 N–H and O–H groups in total. The summed E-state index contributed by atoms with van der Waals surface area (Å²) < 4.78 is 1.31. The van der Waals surface area contributed by atoms with Crippen molar-refractivity contribution in [1.29, 1.82) is 0 Å². The Morgan fingerprint density at radius 1 is 1.35 bits per heavy atom. The van der Waals surface area contributed by atoms with Gasteiger partial charge in [-0.05, 0) is 59.5 Å². The van der Waals surface area contributed by atoms with Crippen LogP contribution in [0.4, 0.5) is 0 Å². The fourth-order valence-electron chi connectivity index (χ4n) is 2.85. The molecule has 2 nitrogen and oxygen atoms in total. The molecule has 1 heterocycles. The first-order valence-corrected chi connectivity index (χ1v) is 8.75. The highest BCUT2D eigenvalue weighted by atomic mass is 127. The van der Waals surface area contributed by atoms with E-state index < -0.39 is 0 Å². The van der Waals surface area contributed by atoms with Gasteiger partial charge in [-0.1, -0.05) is 32.9 Å². The zero-order chi connectivity index (χ0) is 14.8. The molecule has 0 amide bonds. The summed E-state index contributed by atoms with van der Waals surface area (Å²) in [5.41, 5.74) is 1.70. The van der Waals surface area contributed by atoms with Crippen molar-refractivity contribution in [3.8, 4) is 0 Å². The summed E-state index contributed by atoms with van der Waals surface area (Å²) in [6.07, 6.45) is 1.19. The number of benzene rings is 1. The van der Waals surface area contributed by atoms with Crippen LogP contribution < -0.4 is 5.32 Å². The predicted molar refractivity (Wildman–Crippen MR) is 94.9 cm³/mol. The number of hydrogen-bond donors (Lipinski definition) is 1. The van der Waals surface area contributed by atoms with Crippen LogP contribution in [0.2, 0.25) is 0 Å². The minimum atomic E-state index is 0.272. The van der Waals surface area contributed by atoms with Gasteiger partial charge in [-0.3, -0.25) is 4.90 Å². The molecule has 0 aliphatic carbocycles. The molecular formula is C17H27IN2. The summed E-state index contributed by atoms with van der Waals surface area (Å²) in [4.78, 5) is 2.68. The third-order valence-electron chi connectivity index (χ3n) is 4.78. The van der Waals surface area contributed by atoms with Gasteiger partial charge in [0.25, 0.3) is 0 Å². The lowest BCUT2D eigenvalue weighted by Gasteiger charge is -2.49. The van der Waals surface area contributed by atoms with Gasteiger partial charge in [0.05, 0.1) is 0 Å². The lowest BCUT2D eigenvalue weighted by atomic mass is 9.89. The normalized spacial score (nSPS) is 28.0. The van der Waals surface area contributed by atoms with Crippen LogP contribution in [0.5, 0.6) is 0 Å². The molecule has 20 heavy (non-hydrogen) atoms. The van der Waals surface area contributed by atoms with Crippen molar-refractivity contribution < 1.29 is 0 Å². The smallest absolute Gasteiger partial charge is 0.0307 e. The Balaban J connectivity index is 2.13. The fourth-order valence-corrected chi connectivity index (χ4v) is 3.21. The second kappa shape index (κ2) is 6.75. The van der Waals surface area contributed by atoms with E-state index in [-0.39, 0.29) is 5.54 Å². The third kappa shape index (κ3) is 3.74. The molecule has 1 aliphatic heterocycles. The Morgan fingerprint density at radius 2 is 2.00 bits per heavy atom. The zero-order valence-corrected chi connectivity index (χ0v) is 15.3. The van der Waals surface area contributed by atoms with E-state index in [0.717, 1.165) is 19.6 Å². The molecule has 2 unspecified atom stereocenters. The summed E-state index contributed by atoms with van der Waals surface area (Å²) in [6.45, 7) is 12.6. The van der Waals surface area contributed by atoms with Crippen LogP contribution in [-0.4, -0.2) is 29.6 Å². The van der Waals surface area contributed by atoms with Crippen molar-refractivity contribution in [2.75, 3.05) is 13.1 Å². The minimum Gasteiger partial charge on any atom is -0.311 e. The van der Waals surface area contributed by atoms with Crippen LogP contribution >= 0.6 is 22.6 Å². The van der Waals surface area contributed by atoms with E-state index in [1.165, 1.54) is 15.6 Å². The van der Waals surface area contributed by atoms with Gasteiger partial charge in [-0.2, -0.15) is 0 Å². The number of hydrogen-bond acceptors (Lipinski definition) is 2. The van der Waals surface area contributed by atoms with Crippen molar-refractivity contribution in [3.63, 3.8) is 0 Å². The van der Waals surface area contributed by atoms with Crippen molar-refractivity contribution >= 4 is 22.6 Å². The fraction of sp³-hybridized carbons (Fsp3) is 0.647. The summed E-state index contributed by atoms with van der Waals surface area (Å²) in [6, 6.07) is 9.57. The van der Waals surface area contributed by atoms with E-state index in [1.807, 2.05) is 0 Å². The lowest BCUT2D eigenvalue weighted by Crippen LogP contribution is -2.63. The molecule has 0 saturated carbocycles. The molecule has 0 spiro atoms. The van der Waals surface area contributed by atoms with E-state index in [9.17, 15) is 0 Å². The first-order valence-electron chi connectivity index (χ1n) is 7.67. The van der Waals surface area contributed by atoms with Gasteiger partial charge in [0.1, 0.15) is 0 Å². The Hall–Kier alpha value is -0.130. The molecule has 1 fully saturated rings. The first kappa shape index (κ1) is 16.2. The number of nitrogens with zero attached hydrogens (tertiary/aromatic N) is 1. The maximum absolute atomic E-state index is 3.74. The largest absolute Gasteiger partial charge is 0.311 e. The van der Waals surface area contributed by atoms with E-state index in [0.29, 0.717) is 12.0 Å². The van der Waals surface area contributed by atoms with Gasteiger partial charge < -0.3 is 5.32 Å². The Labute approximate surface area is 137 Å². The van der Waals surface area contributed by atoms with Gasteiger partial charge in [-0.15, -0.1) is 0 Å². The van der Waals surface area contributed by atoms with E-state index >= 15 is 0 Å². The summed E-state index contributed by atoms with van der Waals surface area (Å²) in [5.74, 6) is 0.690. The summed E-state index contributed by atoms with van der Waals surface area (Å²) in [5, 5.41) is 3.74. The SMILES string of the molecule is CCC1(C)CNC(C(C)C)CN1Cc1ccc(I)cc1. The highest BCUT2D eigenvalue weighted by Crippen LogP contribution is 2.27. The second-order valence-electron chi connectivity index (χ2n) is 6.59. The minimum absolute atomic E-state index is 0.272. The average Bonchev–Trinajstić information content (AvgIpc) is 2.43. The van der Waals surface area contributed by atoms with Crippen molar-refractivity contribution in [3.05, 3.63) is 33.4 Å². The molecule has 1 aromatic rings. The molecule has 1 aromatic carbocycles. The van der Waals surface area contributed by atoms with Crippen LogP contribution in [0, 0.1) is 9.49 Å². The molecule has 1 saturated heterocycles. The monoisotopic (exact) mass is 386 g/mol. The molecule has 0 radical (unpaired) electrons. The zero-order valence-electron chi connectivity index (χ0n) is 13.1. The molecular weight excluding hydrogens is 359 g/mol. The number of piperazine rings is 1. The number of nitrogens with one attached hydrogen (secondary N) is 1. The quantitative estimate of drug-likeness (QED) is 0.790. The standard InChI is InChI=1S/C17H27IN2/c1-5-17(4)12-19-16(13(2)3)11-20(17)10-14-6-8-15(18)9-7-14/h6-9,13,16,19H,5,10-12H2,1-4H3. The third-order valence-corrected chi connectivity index (χ3v) is 5.50. The maximum Gasteiger partial charge on any atom is 0.0307 e. The average molecular weight is 386 g/mol. The van der Waals surface area contributed by atoms with Gasteiger partial charge in [0, 0.05) is 34.8 Å². The summed E-state index contributed by atoms with van der Waals surface area (Å²) >= 11 is 2.37. The van der Waals surface area contributed by atoms with Crippen LogP contribution in [0.3, 0.4) is 0 Å². The van der Waals surface area contributed by atoms with Gasteiger partial charge in [-0.25, -0.2) is 0 Å². The van der Waals surface area contributed by atoms with Crippen LogP contribution in [0.25, 0.3) is 0 Å². The lowest BCUT2D eigenvalue weighted by molar-refractivity contribution is 0.0317. The van der Waals surface area contributed by atoms with Crippen molar-refractivity contribution in [2.24, 2.45) is 5.92 Å². The Kier molecular flexibility index (Phi) is 5.49. The van der Waals surface area contributed by atoms with Crippen LogP contribution in [0.15, 0.2) is 24.3 Å².